The molecular formula is C26H27ClN4O5. The van der Waals surface area contributed by atoms with Gasteiger partial charge in [-0.15, -0.1) is 0 Å². The number of piperazine rings is 1. The molecule has 0 radical (unpaired) electrons. The quantitative estimate of drug-likeness (QED) is 0.400. The molecule has 0 saturated carbocycles. The highest BCUT2D eigenvalue weighted by Crippen LogP contribution is 2.27. The Morgan fingerprint density at radius 2 is 1.58 bits per heavy atom. The number of nitrogens with one attached hydrogen (secondary N) is 2. The van der Waals surface area contributed by atoms with Crippen molar-refractivity contribution in [3.05, 3.63) is 64.8 Å². The first-order chi connectivity index (χ1) is 17.0. The number of aromatic amines is 1. The van der Waals surface area contributed by atoms with E-state index in [9.17, 15) is 19.2 Å². The number of ketones is 1. The van der Waals surface area contributed by atoms with Gasteiger partial charge in [0.2, 0.25) is 0 Å². The number of aromatic nitrogens is 1. The molecule has 0 spiro atoms. The van der Waals surface area contributed by atoms with Gasteiger partial charge in [-0.3, -0.25) is 19.7 Å². The number of hydrogen-bond donors (Lipinski definition) is 2. The van der Waals surface area contributed by atoms with E-state index in [1.807, 2.05) is 0 Å². The van der Waals surface area contributed by atoms with E-state index in [1.165, 1.54) is 11.1 Å². The van der Waals surface area contributed by atoms with Crippen LogP contribution in [0.15, 0.2) is 48.7 Å². The smallest absolute Gasteiger partial charge is 0.412 e. The Balaban J connectivity index is 1.34. The molecule has 1 aliphatic rings. The third kappa shape index (κ3) is 5.52. The number of nitrogens with zero attached hydrogens (tertiary/aromatic N) is 2. The fourth-order valence-electron chi connectivity index (χ4n) is 3.99. The van der Waals surface area contributed by atoms with Crippen molar-refractivity contribution in [2.45, 2.75) is 26.4 Å². The van der Waals surface area contributed by atoms with E-state index in [-0.39, 0.29) is 24.6 Å². The molecule has 4 rings (SSSR count). The maximum Gasteiger partial charge on any atom is 0.412 e. The van der Waals surface area contributed by atoms with Crippen LogP contribution in [0.5, 0.6) is 0 Å². The first kappa shape index (κ1) is 25.2. The summed E-state index contributed by atoms with van der Waals surface area (Å²) in [5.41, 5.74) is 1.26. The minimum absolute atomic E-state index is 0.194. The molecule has 0 unspecified atom stereocenters. The second-order valence-electron chi connectivity index (χ2n) is 9.48. The van der Waals surface area contributed by atoms with E-state index in [0.29, 0.717) is 40.3 Å². The molecule has 1 aliphatic heterocycles. The number of rotatable bonds is 4. The average molecular weight is 511 g/mol. The van der Waals surface area contributed by atoms with Gasteiger partial charge in [-0.25, -0.2) is 4.79 Å². The van der Waals surface area contributed by atoms with Crippen LogP contribution in [0.4, 0.5) is 10.5 Å². The fourth-order valence-corrected chi connectivity index (χ4v) is 4.27. The second kappa shape index (κ2) is 10.0. The van der Waals surface area contributed by atoms with E-state index >= 15 is 0 Å². The summed E-state index contributed by atoms with van der Waals surface area (Å²) in [7, 11) is 0. The molecule has 2 N–H and O–H groups in total. The summed E-state index contributed by atoms with van der Waals surface area (Å²) in [5, 5.41) is 3.55. The molecule has 1 aromatic heterocycles. The number of H-pyrrole nitrogens is 1. The van der Waals surface area contributed by atoms with Gasteiger partial charge in [0.15, 0.2) is 0 Å². The molecule has 36 heavy (non-hydrogen) atoms. The van der Waals surface area contributed by atoms with Gasteiger partial charge in [-0.1, -0.05) is 17.7 Å². The molecule has 0 aliphatic carbocycles. The summed E-state index contributed by atoms with van der Waals surface area (Å²) in [4.78, 5) is 56.7. The molecule has 1 saturated heterocycles. The Kier molecular flexibility index (Phi) is 7.03. The lowest BCUT2D eigenvalue weighted by atomic mass is 10.1. The Labute approximate surface area is 213 Å². The largest absolute Gasteiger partial charge is 0.444 e. The lowest BCUT2D eigenvalue weighted by molar-refractivity contribution is -0.127. The molecule has 2 aromatic carbocycles. The first-order valence-corrected chi connectivity index (χ1v) is 11.9. The van der Waals surface area contributed by atoms with Crippen molar-refractivity contribution in [2.24, 2.45) is 0 Å². The number of amides is 3. The summed E-state index contributed by atoms with van der Waals surface area (Å²) in [6.45, 7) is 6.39. The number of halogens is 1. The van der Waals surface area contributed by atoms with Gasteiger partial charge in [-0.05, 0) is 57.2 Å². The average Bonchev–Trinajstić information content (AvgIpc) is 3.28. The van der Waals surface area contributed by atoms with Crippen LogP contribution in [0.25, 0.3) is 10.9 Å². The SMILES string of the molecule is CC(C)(C)OC(=O)Nc1ccc(C(=O)N2CCN(C(=O)C(=O)c3c[nH]c4cccc(Cl)c34)CC2)cc1. The maximum absolute atomic E-state index is 12.9. The Bertz CT molecular complexity index is 1320. The van der Waals surface area contributed by atoms with Crippen LogP contribution in [-0.2, 0) is 9.53 Å². The number of Topliss-reactive ketones (excluding diaryl/α,β-unsaturated/α-hetero) is 1. The number of anilines is 1. The standard InChI is InChI=1S/C26H27ClN4O5/c1-26(2,3)36-25(35)29-17-9-7-16(8-10-17)23(33)30-11-13-31(14-12-30)24(34)22(32)18-15-28-20-6-4-5-19(27)21(18)20/h4-10,15,28H,11-14H2,1-3H3,(H,29,35). The van der Waals surface area contributed by atoms with Crippen molar-refractivity contribution in [1.82, 2.24) is 14.8 Å². The van der Waals surface area contributed by atoms with Crippen molar-refractivity contribution in [2.75, 3.05) is 31.5 Å². The summed E-state index contributed by atoms with van der Waals surface area (Å²) in [6.07, 6.45) is 0.921. The van der Waals surface area contributed by atoms with Gasteiger partial charge in [0, 0.05) is 54.5 Å². The van der Waals surface area contributed by atoms with E-state index in [4.69, 9.17) is 16.3 Å². The van der Waals surface area contributed by atoms with Crippen molar-refractivity contribution in [3.63, 3.8) is 0 Å². The minimum atomic E-state index is -0.637. The Hall–Kier alpha value is -3.85. The molecule has 1 fully saturated rings. The second-order valence-corrected chi connectivity index (χ2v) is 9.89. The third-order valence-electron chi connectivity index (χ3n) is 5.73. The van der Waals surface area contributed by atoms with Crippen molar-refractivity contribution in [3.8, 4) is 0 Å². The van der Waals surface area contributed by atoms with E-state index in [2.05, 4.69) is 10.3 Å². The topological polar surface area (TPSA) is 112 Å². The zero-order valence-corrected chi connectivity index (χ0v) is 21.0. The van der Waals surface area contributed by atoms with E-state index in [0.717, 1.165) is 0 Å². The summed E-state index contributed by atoms with van der Waals surface area (Å²) >= 11 is 6.24. The first-order valence-electron chi connectivity index (χ1n) is 11.5. The van der Waals surface area contributed by atoms with Crippen molar-refractivity contribution >= 4 is 51.9 Å². The van der Waals surface area contributed by atoms with Crippen LogP contribution in [0.1, 0.15) is 41.5 Å². The van der Waals surface area contributed by atoms with Gasteiger partial charge in [0.05, 0.1) is 10.6 Å². The molecule has 10 heteroatoms. The van der Waals surface area contributed by atoms with Crippen molar-refractivity contribution in [1.29, 1.82) is 0 Å². The van der Waals surface area contributed by atoms with Gasteiger partial charge in [0.25, 0.3) is 17.6 Å². The molecular weight excluding hydrogens is 484 g/mol. The lowest BCUT2D eigenvalue weighted by Crippen LogP contribution is -2.52. The van der Waals surface area contributed by atoms with Crippen LogP contribution in [0, 0.1) is 0 Å². The predicted octanol–water partition coefficient (Wildman–Crippen LogP) is 4.34. The summed E-state index contributed by atoms with van der Waals surface area (Å²) in [5.74, 6) is -1.46. The Morgan fingerprint density at radius 3 is 2.22 bits per heavy atom. The van der Waals surface area contributed by atoms with Crippen LogP contribution in [-0.4, -0.2) is 70.3 Å². The van der Waals surface area contributed by atoms with Crippen LogP contribution in [0.3, 0.4) is 0 Å². The van der Waals surface area contributed by atoms with Gasteiger partial charge in [-0.2, -0.15) is 0 Å². The lowest BCUT2D eigenvalue weighted by Gasteiger charge is -2.34. The summed E-state index contributed by atoms with van der Waals surface area (Å²) in [6, 6.07) is 11.7. The zero-order chi connectivity index (χ0) is 26.0. The summed E-state index contributed by atoms with van der Waals surface area (Å²) < 4.78 is 5.22. The Morgan fingerprint density at radius 1 is 0.944 bits per heavy atom. The number of fused-ring (bicyclic) bond motifs is 1. The highest BCUT2D eigenvalue weighted by atomic mass is 35.5. The number of hydrogen-bond acceptors (Lipinski definition) is 5. The molecule has 2 heterocycles. The fraction of sp³-hybridized carbons (Fsp3) is 0.308. The molecule has 0 bridgehead atoms. The van der Waals surface area contributed by atoms with Gasteiger partial charge in [0.1, 0.15) is 5.60 Å². The van der Waals surface area contributed by atoms with Crippen LogP contribution in [0.2, 0.25) is 5.02 Å². The number of carbonyl (C=O) groups is 4. The van der Waals surface area contributed by atoms with E-state index < -0.39 is 23.4 Å². The maximum atomic E-state index is 12.9. The molecule has 3 amide bonds. The minimum Gasteiger partial charge on any atom is -0.444 e. The van der Waals surface area contributed by atoms with Crippen molar-refractivity contribution < 1.29 is 23.9 Å². The molecule has 0 atom stereocenters. The number of carbonyl (C=O) groups excluding carboxylic acids is 4. The van der Waals surface area contributed by atoms with Gasteiger partial charge < -0.3 is 19.5 Å². The zero-order valence-electron chi connectivity index (χ0n) is 20.3. The molecule has 3 aromatic rings. The third-order valence-corrected chi connectivity index (χ3v) is 6.04. The van der Waals surface area contributed by atoms with Crippen LogP contribution < -0.4 is 5.32 Å². The van der Waals surface area contributed by atoms with Gasteiger partial charge >= 0.3 is 6.09 Å². The molecule has 188 valence electrons. The highest BCUT2D eigenvalue weighted by molar-refractivity contribution is 6.47. The number of ether oxygens (including phenoxy) is 1. The number of benzene rings is 2. The normalized spacial score (nSPS) is 14.0. The molecule has 9 nitrogen and oxygen atoms in total. The predicted molar refractivity (Wildman–Crippen MR) is 136 cm³/mol. The monoisotopic (exact) mass is 510 g/mol. The highest BCUT2D eigenvalue weighted by Gasteiger charge is 2.30. The van der Waals surface area contributed by atoms with E-state index in [1.54, 1.807) is 68.1 Å². The van der Waals surface area contributed by atoms with Crippen LogP contribution >= 0.6 is 11.6 Å².